The van der Waals surface area contributed by atoms with Gasteiger partial charge in [0.2, 0.25) is 0 Å². The van der Waals surface area contributed by atoms with Crippen LogP contribution in [0.2, 0.25) is 0 Å². The summed E-state index contributed by atoms with van der Waals surface area (Å²) in [6, 6.07) is 0. The van der Waals surface area contributed by atoms with Gasteiger partial charge in [-0.25, -0.2) is 4.31 Å². The maximum Gasteiger partial charge on any atom is 0.146 e. The largest absolute Gasteiger partial charge is 0.384 e. The average molecular weight is 199 g/mol. The predicted molar refractivity (Wildman–Crippen MR) is 55.6 cm³/mol. The molecule has 0 saturated carbocycles. The third-order valence-corrected chi connectivity index (χ3v) is 2.56. The first kappa shape index (κ1) is 12.2. The van der Waals surface area contributed by atoms with Crippen molar-refractivity contribution in [3.05, 3.63) is 0 Å². The van der Waals surface area contributed by atoms with E-state index in [-0.39, 0.29) is 29.6 Å². The van der Waals surface area contributed by atoms with E-state index in [1.807, 2.05) is 0 Å². The third-order valence-electron chi connectivity index (χ3n) is 1.53. The maximum atomic E-state index is 5.38. The van der Waals surface area contributed by atoms with Gasteiger partial charge in [-0.3, -0.25) is 0 Å². The Morgan fingerprint density at radius 2 is 1.82 bits per heavy atom. The molecule has 2 nitrogen and oxygen atoms in total. The Bertz CT molecular complexity index is 126. The zero-order valence-electron chi connectivity index (χ0n) is 6.88. The second-order valence-corrected chi connectivity index (χ2v) is 4.24. The summed E-state index contributed by atoms with van der Waals surface area (Å²) in [6.45, 7) is 2.28. The van der Waals surface area contributed by atoms with Gasteiger partial charge in [0.25, 0.3) is 0 Å². The Labute approximate surface area is 99.7 Å². The van der Waals surface area contributed by atoms with Crippen LogP contribution in [0.5, 0.6) is 0 Å². The maximum absolute atomic E-state index is 5.38. The van der Waals surface area contributed by atoms with Crippen LogP contribution in [0.15, 0.2) is 0 Å². The molecule has 11 heavy (non-hydrogen) atoms. The number of piperidine rings is 1. The first-order chi connectivity index (χ1) is 4.79. The van der Waals surface area contributed by atoms with Crippen LogP contribution in [0.1, 0.15) is 19.3 Å². The van der Waals surface area contributed by atoms with Gasteiger partial charge < -0.3 is 5.73 Å². The van der Waals surface area contributed by atoms with Gasteiger partial charge in [-0.15, -0.1) is 0 Å². The molecule has 0 amide bonds. The number of rotatable bonds is 1. The molecule has 0 unspecified atom stereocenters. The van der Waals surface area contributed by atoms with Crippen LogP contribution in [0.3, 0.4) is 0 Å². The Morgan fingerprint density at radius 3 is 2.27 bits per heavy atom. The molecule has 1 saturated heterocycles. The molecule has 1 aliphatic rings. The monoisotopic (exact) mass is 199 g/mol. The topological polar surface area (TPSA) is 29.3 Å². The van der Waals surface area contributed by atoms with Crippen molar-refractivity contribution in [1.82, 2.24) is 4.31 Å². The van der Waals surface area contributed by atoms with Gasteiger partial charge in [0.1, 0.15) is 4.32 Å². The molecule has 0 aromatic rings. The minimum Gasteiger partial charge on any atom is -0.384 e. The number of nitrogens with two attached hydrogens (primary N) is 1. The fraction of sp³-hybridized carbons (Fsp3) is 0.833. The van der Waals surface area contributed by atoms with Crippen molar-refractivity contribution >= 4 is 58.0 Å². The molecule has 0 spiro atoms. The average Bonchev–Trinajstić information content (AvgIpc) is 1.88. The Kier molecular flexibility index (Phi) is 7.42. The molecule has 2 N–H and O–H groups in total. The van der Waals surface area contributed by atoms with E-state index in [1.165, 1.54) is 31.2 Å². The van der Waals surface area contributed by atoms with E-state index in [0.717, 1.165) is 13.1 Å². The minimum absolute atomic E-state index is 0. The van der Waals surface area contributed by atoms with E-state index in [2.05, 4.69) is 4.31 Å². The summed E-state index contributed by atoms with van der Waals surface area (Å²) < 4.78 is 2.79. The first-order valence-electron chi connectivity index (χ1n) is 3.51. The first-order valence-corrected chi connectivity index (χ1v) is 4.69. The molecule has 1 aliphatic heterocycles. The fourth-order valence-electron chi connectivity index (χ4n) is 1.08. The number of hydrogen-bond donors (Lipinski definition) is 1. The Balaban J connectivity index is 0.000001000. The molecular weight excluding hydrogens is 187 g/mol. The van der Waals surface area contributed by atoms with Gasteiger partial charge in [-0.2, -0.15) is 0 Å². The molecule has 0 aromatic carbocycles. The normalized spacial score (nSPS) is 18.9. The van der Waals surface area contributed by atoms with Crippen molar-refractivity contribution in [3.8, 4) is 0 Å². The molecule has 1 heterocycles. The van der Waals surface area contributed by atoms with E-state index >= 15 is 0 Å². The molecule has 1 radical (unpaired) electrons. The van der Waals surface area contributed by atoms with E-state index < -0.39 is 0 Å². The van der Waals surface area contributed by atoms with Crippen LogP contribution in [0, 0.1) is 0 Å². The Hall–Kier alpha value is 1.20. The van der Waals surface area contributed by atoms with Crippen molar-refractivity contribution in [2.75, 3.05) is 13.1 Å². The smallest absolute Gasteiger partial charge is 0.146 e. The number of hydrogen-bond acceptors (Lipinski definition) is 3. The molecule has 0 aromatic heterocycles. The second-order valence-electron chi connectivity index (χ2n) is 2.40. The van der Waals surface area contributed by atoms with Crippen LogP contribution in [0.4, 0.5) is 0 Å². The molecule has 59 valence electrons. The van der Waals surface area contributed by atoms with Gasteiger partial charge in [-0.05, 0) is 24.8 Å². The van der Waals surface area contributed by atoms with Crippen molar-refractivity contribution in [2.24, 2.45) is 5.73 Å². The van der Waals surface area contributed by atoms with Crippen molar-refractivity contribution in [1.29, 1.82) is 0 Å². The zero-order valence-corrected chi connectivity index (χ0v) is 10.5. The van der Waals surface area contributed by atoms with Crippen LogP contribution in [-0.4, -0.2) is 51.3 Å². The molecule has 0 bridgehead atoms. The summed E-state index contributed by atoms with van der Waals surface area (Å²) in [5.41, 5.74) is 5.38. The van der Waals surface area contributed by atoms with Crippen LogP contribution < -0.4 is 5.73 Å². The molecular formula is C6H12N2NaS2. The number of thiocarbonyl (C=S) groups is 1. The molecule has 0 atom stereocenters. The Morgan fingerprint density at radius 1 is 1.27 bits per heavy atom. The standard InChI is InChI=1S/C6H12N2S2.Na/c7-6(9)10-8-4-2-1-3-5-8;/h1-5H2,(H2,7,9);. The molecule has 1 fully saturated rings. The molecule has 5 heteroatoms. The third kappa shape index (κ3) is 5.44. The summed E-state index contributed by atoms with van der Waals surface area (Å²) in [5.74, 6) is 0. The molecule has 1 rings (SSSR count). The van der Waals surface area contributed by atoms with E-state index in [9.17, 15) is 0 Å². The van der Waals surface area contributed by atoms with Crippen LogP contribution in [-0.2, 0) is 0 Å². The minimum atomic E-state index is 0. The predicted octanol–water partition coefficient (Wildman–Crippen LogP) is 0.983. The fourth-order valence-corrected chi connectivity index (χ4v) is 2.09. The summed E-state index contributed by atoms with van der Waals surface area (Å²) in [6.07, 6.45) is 3.93. The summed E-state index contributed by atoms with van der Waals surface area (Å²) in [5, 5.41) is 0. The van der Waals surface area contributed by atoms with Gasteiger partial charge in [0.15, 0.2) is 0 Å². The van der Waals surface area contributed by atoms with Gasteiger partial charge in [0, 0.05) is 42.6 Å². The zero-order chi connectivity index (χ0) is 7.40. The SMILES string of the molecule is NC(=S)SN1CCCCC1.[Na]. The summed E-state index contributed by atoms with van der Waals surface area (Å²) in [7, 11) is 0. The quantitative estimate of drug-likeness (QED) is 0.387. The summed E-state index contributed by atoms with van der Waals surface area (Å²) in [4.78, 5) is 0. The van der Waals surface area contributed by atoms with E-state index in [4.69, 9.17) is 18.0 Å². The van der Waals surface area contributed by atoms with Crippen molar-refractivity contribution in [2.45, 2.75) is 19.3 Å². The van der Waals surface area contributed by atoms with Gasteiger partial charge >= 0.3 is 0 Å². The van der Waals surface area contributed by atoms with Crippen LogP contribution in [0.25, 0.3) is 0 Å². The second kappa shape index (κ2) is 6.69. The van der Waals surface area contributed by atoms with Crippen molar-refractivity contribution < 1.29 is 0 Å². The van der Waals surface area contributed by atoms with E-state index in [1.54, 1.807) is 0 Å². The number of nitrogens with zero attached hydrogens (tertiary/aromatic N) is 1. The van der Waals surface area contributed by atoms with Crippen LogP contribution >= 0.6 is 24.2 Å². The van der Waals surface area contributed by atoms with Crippen molar-refractivity contribution in [3.63, 3.8) is 0 Å². The molecule has 0 aliphatic carbocycles. The van der Waals surface area contributed by atoms with Gasteiger partial charge in [-0.1, -0.05) is 18.6 Å². The summed E-state index contributed by atoms with van der Waals surface area (Å²) >= 11 is 6.29. The van der Waals surface area contributed by atoms with Gasteiger partial charge in [0.05, 0.1) is 0 Å². The van der Waals surface area contributed by atoms with E-state index in [0.29, 0.717) is 4.32 Å².